The number of hydrogen-bond acceptors (Lipinski definition) is 6. The number of benzene rings is 2. The largest absolute Gasteiger partial charge is 0.383 e. The van der Waals surface area contributed by atoms with Gasteiger partial charge in [0.15, 0.2) is 5.78 Å². The van der Waals surface area contributed by atoms with Crippen LogP contribution in [-0.2, 0) is 36.9 Å². The first-order chi connectivity index (χ1) is 21.8. The summed E-state index contributed by atoms with van der Waals surface area (Å²) in [6, 6.07) is 11.0. The molecular formula is C36H50F2N2O6. The van der Waals surface area contributed by atoms with Crippen LogP contribution < -0.4 is 10.6 Å². The van der Waals surface area contributed by atoms with Crippen LogP contribution >= 0.6 is 0 Å². The molecule has 10 heteroatoms. The van der Waals surface area contributed by atoms with Gasteiger partial charge in [-0.1, -0.05) is 58.0 Å². The molecule has 0 heterocycles. The Hall–Kier alpha value is -3.50. The highest BCUT2D eigenvalue weighted by atomic mass is 19.1. The van der Waals surface area contributed by atoms with Crippen molar-refractivity contribution in [2.24, 2.45) is 5.41 Å². The van der Waals surface area contributed by atoms with Gasteiger partial charge < -0.3 is 20.5 Å². The molecule has 0 spiro atoms. The van der Waals surface area contributed by atoms with E-state index >= 15 is 0 Å². The summed E-state index contributed by atoms with van der Waals surface area (Å²) < 4.78 is 33.8. The van der Waals surface area contributed by atoms with Crippen molar-refractivity contribution in [2.75, 3.05) is 6.61 Å². The van der Waals surface area contributed by atoms with Crippen LogP contribution in [0.2, 0.25) is 0 Å². The van der Waals surface area contributed by atoms with Crippen molar-refractivity contribution >= 4 is 23.4 Å². The van der Waals surface area contributed by atoms with Gasteiger partial charge in [0.25, 0.3) is 0 Å². The van der Waals surface area contributed by atoms with Crippen molar-refractivity contribution in [1.29, 1.82) is 0 Å². The molecule has 0 saturated heterocycles. The minimum atomic E-state index is -1.45. The second-order valence-electron chi connectivity index (χ2n) is 12.7. The van der Waals surface area contributed by atoms with Crippen LogP contribution in [0, 0.1) is 17.0 Å². The number of Topliss-reactive ketones (excluding diaryl/α,β-unsaturated/α-hetero) is 2. The van der Waals surface area contributed by atoms with Gasteiger partial charge in [-0.15, -0.1) is 0 Å². The number of hydrogen-bond donors (Lipinski definition) is 3. The maximum Gasteiger partial charge on any atom is 0.220 e. The molecule has 0 aliphatic carbocycles. The van der Waals surface area contributed by atoms with Gasteiger partial charge in [0.2, 0.25) is 11.8 Å². The van der Waals surface area contributed by atoms with Crippen LogP contribution in [0.25, 0.3) is 0 Å². The van der Waals surface area contributed by atoms with E-state index in [4.69, 9.17) is 4.74 Å². The second kappa shape index (κ2) is 19.9. The highest BCUT2D eigenvalue weighted by Crippen LogP contribution is 2.29. The molecule has 0 radical (unpaired) electrons. The summed E-state index contributed by atoms with van der Waals surface area (Å²) in [5.41, 5.74) is 0.571. The van der Waals surface area contributed by atoms with Gasteiger partial charge >= 0.3 is 0 Å². The highest BCUT2D eigenvalue weighted by Gasteiger charge is 2.30. The van der Waals surface area contributed by atoms with E-state index in [0.29, 0.717) is 25.7 Å². The molecule has 46 heavy (non-hydrogen) atoms. The number of carbonyl (C=O) groups is 4. The SMILES string of the molecule is CCCC(=O)NC(CC(=O)CCC(C)(C)CCC(=O)C(O)C(COCc1ccccc1)NC(=O)CCC)Cc1cc(F)ccc1F. The molecule has 2 rings (SSSR count). The van der Waals surface area contributed by atoms with Crippen LogP contribution in [0.5, 0.6) is 0 Å². The first-order valence-corrected chi connectivity index (χ1v) is 16.2. The molecule has 3 atom stereocenters. The summed E-state index contributed by atoms with van der Waals surface area (Å²) >= 11 is 0. The van der Waals surface area contributed by atoms with Gasteiger partial charge in [-0.25, -0.2) is 8.78 Å². The van der Waals surface area contributed by atoms with E-state index < -0.39 is 41.0 Å². The molecule has 2 aromatic rings. The Kier molecular flexibility index (Phi) is 16.7. The summed E-state index contributed by atoms with van der Waals surface area (Å²) in [5, 5.41) is 16.4. The van der Waals surface area contributed by atoms with Crippen molar-refractivity contribution < 1.29 is 37.8 Å². The zero-order valence-corrected chi connectivity index (χ0v) is 27.6. The van der Waals surface area contributed by atoms with Crippen LogP contribution in [0.4, 0.5) is 8.78 Å². The van der Waals surface area contributed by atoms with E-state index in [2.05, 4.69) is 10.6 Å². The Morgan fingerprint density at radius 1 is 0.870 bits per heavy atom. The average molecular weight is 645 g/mol. The maximum atomic E-state index is 14.3. The molecule has 0 aromatic heterocycles. The van der Waals surface area contributed by atoms with E-state index in [1.807, 2.05) is 58.0 Å². The molecule has 0 aliphatic heterocycles. The quantitative estimate of drug-likeness (QED) is 0.150. The number of carbonyl (C=O) groups excluding carboxylic acids is 4. The lowest BCUT2D eigenvalue weighted by molar-refractivity contribution is -0.132. The fourth-order valence-corrected chi connectivity index (χ4v) is 5.08. The smallest absolute Gasteiger partial charge is 0.220 e. The predicted octanol–water partition coefficient (Wildman–Crippen LogP) is 5.77. The lowest BCUT2D eigenvalue weighted by atomic mass is 9.81. The fraction of sp³-hybridized carbons (Fsp3) is 0.556. The Bertz CT molecular complexity index is 1270. The number of halogens is 2. The molecular weight excluding hydrogens is 594 g/mol. The van der Waals surface area contributed by atoms with Crippen molar-refractivity contribution in [3.05, 3.63) is 71.3 Å². The molecule has 254 valence electrons. The lowest BCUT2D eigenvalue weighted by Crippen LogP contribution is -2.49. The Morgan fingerprint density at radius 2 is 1.50 bits per heavy atom. The van der Waals surface area contributed by atoms with Crippen LogP contribution in [-0.4, -0.2) is 53.3 Å². The van der Waals surface area contributed by atoms with Crippen molar-refractivity contribution in [3.8, 4) is 0 Å². The third kappa shape index (κ3) is 14.7. The fourth-order valence-electron chi connectivity index (χ4n) is 5.08. The molecule has 0 saturated carbocycles. The predicted molar refractivity (Wildman–Crippen MR) is 173 cm³/mol. The Labute approximate surface area is 271 Å². The number of ketones is 2. The number of rotatable bonds is 22. The Balaban J connectivity index is 1.94. The second-order valence-corrected chi connectivity index (χ2v) is 12.7. The zero-order valence-electron chi connectivity index (χ0n) is 27.6. The van der Waals surface area contributed by atoms with Crippen molar-refractivity contribution in [3.63, 3.8) is 0 Å². The third-order valence-corrected chi connectivity index (χ3v) is 7.86. The lowest BCUT2D eigenvalue weighted by Gasteiger charge is -2.27. The summed E-state index contributed by atoms with van der Waals surface area (Å²) in [6.07, 6.45) is 1.26. The van der Waals surface area contributed by atoms with Gasteiger partial charge in [0.05, 0.1) is 19.3 Å². The third-order valence-electron chi connectivity index (χ3n) is 7.86. The van der Waals surface area contributed by atoms with Crippen LogP contribution in [0.1, 0.15) is 96.6 Å². The normalized spacial score (nSPS) is 13.5. The van der Waals surface area contributed by atoms with Crippen LogP contribution in [0.15, 0.2) is 48.5 Å². The maximum absolute atomic E-state index is 14.3. The van der Waals surface area contributed by atoms with E-state index in [9.17, 15) is 33.1 Å². The van der Waals surface area contributed by atoms with Gasteiger partial charge in [-0.2, -0.15) is 0 Å². The minimum absolute atomic E-state index is 0.0222. The summed E-state index contributed by atoms with van der Waals surface area (Å²) in [5.74, 6) is -2.31. The van der Waals surface area contributed by atoms with E-state index in [1.165, 1.54) is 0 Å². The van der Waals surface area contributed by atoms with E-state index in [0.717, 1.165) is 23.8 Å². The Morgan fingerprint density at radius 3 is 2.15 bits per heavy atom. The topological polar surface area (TPSA) is 122 Å². The molecule has 2 amide bonds. The van der Waals surface area contributed by atoms with E-state index in [1.54, 1.807) is 0 Å². The van der Waals surface area contributed by atoms with Gasteiger partial charge in [0, 0.05) is 38.1 Å². The average Bonchev–Trinajstić information content (AvgIpc) is 3.00. The highest BCUT2D eigenvalue weighted by molar-refractivity contribution is 5.85. The van der Waals surface area contributed by atoms with E-state index in [-0.39, 0.29) is 74.9 Å². The molecule has 2 aromatic carbocycles. The molecule has 0 aliphatic rings. The molecule has 0 fully saturated rings. The van der Waals surface area contributed by atoms with Crippen molar-refractivity contribution in [1.82, 2.24) is 10.6 Å². The van der Waals surface area contributed by atoms with Crippen LogP contribution in [0.3, 0.4) is 0 Å². The number of amides is 2. The zero-order chi connectivity index (χ0) is 34.1. The van der Waals surface area contributed by atoms with Gasteiger partial charge in [-0.3, -0.25) is 19.2 Å². The van der Waals surface area contributed by atoms with Gasteiger partial charge in [0.1, 0.15) is 23.5 Å². The molecule has 8 nitrogen and oxygen atoms in total. The van der Waals surface area contributed by atoms with Crippen molar-refractivity contribution in [2.45, 2.75) is 117 Å². The standard InChI is InChI=1S/C36H50F2N2O6/c1-5-10-33(43)39-28(21-26-20-27(37)14-15-30(26)38)22-29(41)16-18-36(3,4)19-17-32(42)35(45)31(40-34(44)11-6-2)24-46-23-25-12-8-7-9-13-25/h7-9,12-15,20,28,31,35,45H,5-6,10-11,16-19,21-24H2,1-4H3,(H,39,43)(H,40,44). The van der Waals surface area contributed by atoms with Gasteiger partial charge in [-0.05, 0) is 66.8 Å². The number of nitrogens with one attached hydrogen (secondary N) is 2. The molecule has 3 N–H and O–H groups in total. The first-order valence-electron chi connectivity index (χ1n) is 16.2. The number of ether oxygens (including phenoxy) is 1. The monoisotopic (exact) mass is 644 g/mol. The summed E-state index contributed by atoms with van der Waals surface area (Å²) in [6.45, 7) is 7.79. The number of aliphatic hydroxyl groups is 1. The summed E-state index contributed by atoms with van der Waals surface area (Å²) in [7, 11) is 0. The number of aliphatic hydroxyl groups excluding tert-OH is 1. The minimum Gasteiger partial charge on any atom is -0.383 e. The molecule has 0 bridgehead atoms. The first kappa shape index (κ1) is 38.7. The summed E-state index contributed by atoms with van der Waals surface area (Å²) in [4.78, 5) is 50.6. The molecule has 3 unspecified atom stereocenters.